The van der Waals surface area contributed by atoms with Crippen LogP contribution in [-0.4, -0.2) is 29.3 Å². The quantitative estimate of drug-likeness (QED) is 0.614. The molecule has 1 aromatic carbocycles. The lowest BCUT2D eigenvalue weighted by molar-refractivity contribution is -0.117. The van der Waals surface area contributed by atoms with Gasteiger partial charge in [0.1, 0.15) is 17.4 Å². The Morgan fingerprint density at radius 1 is 1.18 bits per heavy atom. The van der Waals surface area contributed by atoms with E-state index in [1.54, 1.807) is 19.4 Å². The summed E-state index contributed by atoms with van der Waals surface area (Å²) in [5, 5.41) is 7.52. The molecule has 1 fully saturated rings. The average molecular weight is 376 g/mol. The summed E-state index contributed by atoms with van der Waals surface area (Å²) in [5.41, 5.74) is 1.52. The van der Waals surface area contributed by atoms with Gasteiger partial charge in [0, 0.05) is 41.2 Å². The molecule has 0 spiro atoms. The zero-order chi connectivity index (χ0) is 19.5. The van der Waals surface area contributed by atoms with Gasteiger partial charge in [-0.25, -0.2) is 9.97 Å². The van der Waals surface area contributed by atoms with Crippen LogP contribution >= 0.6 is 0 Å². The Bertz CT molecular complexity index is 1030. The van der Waals surface area contributed by atoms with Gasteiger partial charge in [0.15, 0.2) is 6.29 Å². The van der Waals surface area contributed by atoms with Gasteiger partial charge in [-0.1, -0.05) is 12.1 Å². The van der Waals surface area contributed by atoms with Crippen LogP contribution in [-0.2, 0) is 11.3 Å². The van der Waals surface area contributed by atoms with Gasteiger partial charge < -0.3 is 15.4 Å². The third-order valence-electron chi connectivity index (χ3n) is 4.75. The van der Waals surface area contributed by atoms with Crippen molar-refractivity contribution in [2.75, 3.05) is 17.7 Å². The molecule has 0 atom stereocenters. The number of ether oxygens (including phenoxy) is 1. The zero-order valence-electron chi connectivity index (χ0n) is 15.4. The Morgan fingerprint density at radius 3 is 2.64 bits per heavy atom. The first kappa shape index (κ1) is 17.9. The lowest BCUT2D eigenvalue weighted by Crippen LogP contribution is -2.14. The Labute approximate surface area is 162 Å². The number of aldehydes is 1. The molecule has 28 heavy (non-hydrogen) atoms. The molecule has 1 saturated carbocycles. The highest BCUT2D eigenvalue weighted by molar-refractivity contribution is 6.04. The van der Waals surface area contributed by atoms with Crippen molar-refractivity contribution in [3.05, 3.63) is 53.9 Å². The van der Waals surface area contributed by atoms with Crippen molar-refractivity contribution in [3.8, 4) is 5.75 Å². The number of fused-ring (bicyclic) bond motifs is 1. The molecule has 142 valence electrons. The Balaban J connectivity index is 1.58. The first-order valence-electron chi connectivity index (χ1n) is 9.09. The topological polar surface area (TPSA) is 93.2 Å². The van der Waals surface area contributed by atoms with Crippen LogP contribution in [0, 0.1) is 5.92 Å². The Kier molecular flexibility index (Phi) is 4.89. The van der Waals surface area contributed by atoms with Gasteiger partial charge in [-0.15, -0.1) is 0 Å². The smallest absolute Gasteiger partial charge is 0.228 e. The highest BCUT2D eigenvalue weighted by Crippen LogP contribution is 2.31. The van der Waals surface area contributed by atoms with Crippen LogP contribution in [0.3, 0.4) is 0 Å². The molecule has 2 N–H and O–H groups in total. The molecular weight excluding hydrogens is 356 g/mol. The van der Waals surface area contributed by atoms with Gasteiger partial charge in [0.05, 0.1) is 7.11 Å². The van der Waals surface area contributed by atoms with E-state index >= 15 is 0 Å². The van der Waals surface area contributed by atoms with Crippen molar-refractivity contribution in [1.82, 2.24) is 9.97 Å². The highest BCUT2D eigenvalue weighted by Gasteiger charge is 2.29. The second-order valence-corrected chi connectivity index (χ2v) is 6.76. The van der Waals surface area contributed by atoms with Gasteiger partial charge in [-0.3, -0.25) is 9.59 Å². The third kappa shape index (κ3) is 3.78. The molecular formula is C21H20N4O3. The van der Waals surface area contributed by atoms with Crippen molar-refractivity contribution in [2.24, 2.45) is 5.92 Å². The molecule has 3 aromatic rings. The number of nitrogens with zero attached hydrogens (tertiary/aromatic N) is 2. The number of hydrogen-bond donors (Lipinski definition) is 2. The number of carbonyl (C=O) groups is 2. The second-order valence-electron chi connectivity index (χ2n) is 6.76. The van der Waals surface area contributed by atoms with E-state index in [1.807, 2.05) is 24.3 Å². The van der Waals surface area contributed by atoms with Gasteiger partial charge >= 0.3 is 0 Å². The van der Waals surface area contributed by atoms with Crippen LogP contribution in [0.25, 0.3) is 10.8 Å². The highest BCUT2D eigenvalue weighted by atomic mass is 16.5. The number of pyridine rings is 2. The Morgan fingerprint density at radius 2 is 1.96 bits per heavy atom. The van der Waals surface area contributed by atoms with Crippen LogP contribution in [0.15, 0.2) is 42.7 Å². The lowest BCUT2D eigenvalue weighted by atomic mass is 10.1. The van der Waals surface area contributed by atoms with Crippen molar-refractivity contribution in [2.45, 2.75) is 19.4 Å². The maximum atomic E-state index is 12.0. The van der Waals surface area contributed by atoms with Gasteiger partial charge in [0.2, 0.25) is 5.91 Å². The molecule has 7 heteroatoms. The SMILES string of the molecule is COc1ccc(CNc2ncc(C=O)c3cc(NC(=O)C4CC4)ncc23)cc1. The minimum atomic E-state index is -0.0218. The number of hydrogen-bond acceptors (Lipinski definition) is 6. The van der Waals surface area contributed by atoms with E-state index in [0.29, 0.717) is 29.1 Å². The standard InChI is InChI=1S/C21H20N4O3/c1-28-16-6-2-13(3-7-16)9-23-20-18-11-22-19(25-21(27)14-4-5-14)8-17(18)15(12-26)10-24-20/h2-3,6-8,10-12,14H,4-5,9H2,1H3,(H,23,24)(H,22,25,27). The maximum absolute atomic E-state index is 12.0. The maximum Gasteiger partial charge on any atom is 0.228 e. The molecule has 1 amide bonds. The molecule has 1 aliphatic carbocycles. The van der Waals surface area contributed by atoms with E-state index in [1.165, 1.54) is 6.20 Å². The summed E-state index contributed by atoms with van der Waals surface area (Å²) in [6.07, 6.45) is 5.76. The predicted octanol–water partition coefficient (Wildman–Crippen LogP) is 3.41. The van der Waals surface area contributed by atoms with Crippen molar-refractivity contribution >= 4 is 34.6 Å². The number of nitrogens with one attached hydrogen (secondary N) is 2. The van der Waals surface area contributed by atoms with Crippen molar-refractivity contribution < 1.29 is 14.3 Å². The third-order valence-corrected chi connectivity index (χ3v) is 4.75. The van der Waals surface area contributed by atoms with Crippen molar-refractivity contribution in [3.63, 3.8) is 0 Å². The largest absolute Gasteiger partial charge is 0.497 e. The van der Waals surface area contributed by atoms with Gasteiger partial charge in [-0.05, 0) is 36.6 Å². The monoisotopic (exact) mass is 376 g/mol. The molecule has 7 nitrogen and oxygen atoms in total. The molecule has 0 saturated heterocycles. The number of carbonyl (C=O) groups excluding carboxylic acids is 2. The molecule has 1 aliphatic rings. The summed E-state index contributed by atoms with van der Waals surface area (Å²) >= 11 is 0. The minimum absolute atomic E-state index is 0.0218. The number of rotatable bonds is 7. The summed E-state index contributed by atoms with van der Waals surface area (Å²) in [5.74, 6) is 1.94. The fourth-order valence-corrected chi connectivity index (χ4v) is 2.96. The van der Waals surface area contributed by atoms with Crippen LogP contribution in [0.2, 0.25) is 0 Å². The number of benzene rings is 1. The second kappa shape index (κ2) is 7.64. The molecule has 0 radical (unpaired) electrons. The van der Waals surface area contributed by atoms with E-state index in [-0.39, 0.29) is 11.8 Å². The Hall–Kier alpha value is -3.48. The first-order chi connectivity index (χ1) is 13.7. The summed E-state index contributed by atoms with van der Waals surface area (Å²) in [7, 11) is 1.63. The van der Waals surface area contributed by atoms with E-state index < -0.39 is 0 Å². The molecule has 0 aliphatic heterocycles. The molecule has 0 unspecified atom stereocenters. The fraction of sp³-hybridized carbons (Fsp3) is 0.238. The summed E-state index contributed by atoms with van der Waals surface area (Å²) < 4.78 is 5.17. The van der Waals surface area contributed by atoms with Crippen LogP contribution in [0.5, 0.6) is 5.75 Å². The average Bonchev–Trinajstić information content (AvgIpc) is 3.57. The summed E-state index contributed by atoms with van der Waals surface area (Å²) in [4.78, 5) is 32.1. The van der Waals surface area contributed by atoms with E-state index in [0.717, 1.165) is 35.8 Å². The van der Waals surface area contributed by atoms with E-state index in [4.69, 9.17) is 4.74 Å². The van der Waals surface area contributed by atoms with E-state index in [2.05, 4.69) is 20.6 Å². The normalized spacial score (nSPS) is 13.2. The van der Waals surface area contributed by atoms with Crippen LogP contribution < -0.4 is 15.4 Å². The number of anilines is 2. The number of methoxy groups -OCH3 is 1. The predicted molar refractivity (Wildman–Crippen MR) is 107 cm³/mol. The van der Waals surface area contributed by atoms with Crippen LogP contribution in [0.1, 0.15) is 28.8 Å². The number of aromatic nitrogens is 2. The van der Waals surface area contributed by atoms with Crippen LogP contribution in [0.4, 0.5) is 11.6 Å². The van der Waals surface area contributed by atoms with Gasteiger partial charge in [0.25, 0.3) is 0 Å². The lowest BCUT2D eigenvalue weighted by Gasteiger charge is -2.12. The first-order valence-corrected chi connectivity index (χ1v) is 9.09. The summed E-state index contributed by atoms with van der Waals surface area (Å²) in [6.45, 7) is 0.562. The zero-order valence-corrected chi connectivity index (χ0v) is 15.4. The van der Waals surface area contributed by atoms with E-state index in [9.17, 15) is 9.59 Å². The molecule has 4 rings (SSSR count). The minimum Gasteiger partial charge on any atom is -0.497 e. The van der Waals surface area contributed by atoms with Gasteiger partial charge in [-0.2, -0.15) is 0 Å². The molecule has 2 heterocycles. The fourth-order valence-electron chi connectivity index (χ4n) is 2.96. The molecule has 0 bridgehead atoms. The summed E-state index contributed by atoms with van der Waals surface area (Å²) in [6, 6.07) is 9.46. The van der Waals surface area contributed by atoms with Crippen molar-refractivity contribution in [1.29, 1.82) is 0 Å². The number of amides is 1. The molecule has 2 aromatic heterocycles.